The molecular weight excluding hydrogens is 200 g/mol. The highest BCUT2D eigenvalue weighted by Crippen LogP contribution is 2.21. The van der Waals surface area contributed by atoms with Crippen molar-refractivity contribution in [2.75, 3.05) is 0 Å². The normalized spacial score (nSPS) is 20.0. The largest absolute Gasteiger partial charge is 0.508 e. The molecule has 0 radical (unpaired) electrons. The van der Waals surface area contributed by atoms with E-state index in [2.05, 4.69) is 0 Å². The van der Waals surface area contributed by atoms with Crippen molar-refractivity contribution < 1.29 is 9.90 Å². The van der Waals surface area contributed by atoms with Crippen LogP contribution in [0.1, 0.15) is 24.8 Å². The van der Waals surface area contributed by atoms with Crippen molar-refractivity contribution in [1.82, 2.24) is 0 Å². The van der Waals surface area contributed by atoms with Crippen LogP contribution in [0, 0.1) is 5.92 Å². The maximum Gasteiger partial charge on any atom is 0.155 e. The smallest absolute Gasteiger partial charge is 0.155 e. The molecule has 0 aliphatic heterocycles. The molecule has 1 aromatic rings. The summed E-state index contributed by atoms with van der Waals surface area (Å²) in [5, 5.41) is 9.15. The van der Waals surface area contributed by atoms with E-state index in [0.717, 1.165) is 19.3 Å². The van der Waals surface area contributed by atoms with Crippen molar-refractivity contribution in [3.05, 3.63) is 42.0 Å². The highest BCUT2D eigenvalue weighted by molar-refractivity contribution is 5.90. The summed E-state index contributed by atoms with van der Waals surface area (Å²) >= 11 is 0. The van der Waals surface area contributed by atoms with Gasteiger partial charge in [-0.2, -0.15) is 0 Å². The first-order chi connectivity index (χ1) is 7.74. The molecule has 0 spiro atoms. The summed E-state index contributed by atoms with van der Waals surface area (Å²) in [5.74, 6) is 1.10. The monoisotopic (exact) mass is 216 g/mol. The Labute approximate surface area is 95.6 Å². The summed E-state index contributed by atoms with van der Waals surface area (Å²) in [4.78, 5) is 11.0. The Morgan fingerprint density at radius 2 is 2.00 bits per heavy atom. The molecule has 2 rings (SSSR count). The fraction of sp³-hybridized carbons (Fsp3) is 0.357. The highest BCUT2D eigenvalue weighted by atomic mass is 16.3. The molecule has 1 aliphatic carbocycles. The van der Waals surface area contributed by atoms with Crippen LogP contribution in [0.15, 0.2) is 36.4 Å². The fourth-order valence-corrected chi connectivity index (χ4v) is 2.01. The number of hydrogen-bond donors (Lipinski definition) is 1. The molecule has 0 amide bonds. The van der Waals surface area contributed by atoms with Gasteiger partial charge in [0, 0.05) is 6.42 Å². The Morgan fingerprint density at radius 3 is 2.62 bits per heavy atom. The molecule has 84 valence electrons. The van der Waals surface area contributed by atoms with Gasteiger partial charge in [-0.25, -0.2) is 0 Å². The number of carbonyl (C=O) groups is 1. The Bertz CT molecular complexity index is 390. The lowest BCUT2D eigenvalue weighted by Crippen LogP contribution is -2.08. The van der Waals surface area contributed by atoms with Crippen LogP contribution < -0.4 is 0 Å². The van der Waals surface area contributed by atoms with Crippen molar-refractivity contribution in [2.24, 2.45) is 5.92 Å². The van der Waals surface area contributed by atoms with Gasteiger partial charge in [-0.3, -0.25) is 4.79 Å². The molecule has 2 heteroatoms. The number of hydrogen-bond acceptors (Lipinski definition) is 2. The molecule has 2 nitrogen and oxygen atoms in total. The Balaban J connectivity index is 1.85. The van der Waals surface area contributed by atoms with Gasteiger partial charge in [-0.05, 0) is 49.0 Å². The van der Waals surface area contributed by atoms with Crippen LogP contribution in [0.5, 0.6) is 5.75 Å². The lowest BCUT2D eigenvalue weighted by atomic mass is 9.90. The van der Waals surface area contributed by atoms with Crippen LogP contribution in [0.3, 0.4) is 0 Å². The number of ketones is 1. The van der Waals surface area contributed by atoms with E-state index in [1.54, 1.807) is 18.2 Å². The van der Waals surface area contributed by atoms with Gasteiger partial charge in [0.15, 0.2) is 5.78 Å². The van der Waals surface area contributed by atoms with Crippen LogP contribution in [-0.4, -0.2) is 10.9 Å². The molecule has 0 aromatic heterocycles. The summed E-state index contributed by atoms with van der Waals surface area (Å²) < 4.78 is 0. The zero-order chi connectivity index (χ0) is 11.4. The summed E-state index contributed by atoms with van der Waals surface area (Å²) in [7, 11) is 0. The summed E-state index contributed by atoms with van der Waals surface area (Å²) in [6.07, 6.45) is 7.50. The summed E-state index contributed by atoms with van der Waals surface area (Å²) in [6.45, 7) is 0. The van der Waals surface area contributed by atoms with Crippen LogP contribution in [0.2, 0.25) is 0 Å². The van der Waals surface area contributed by atoms with Gasteiger partial charge in [-0.15, -0.1) is 0 Å². The van der Waals surface area contributed by atoms with Gasteiger partial charge < -0.3 is 5.11 Å². The topological polar surface area (TPSA) is 37.3 Å². The number of aryl methyl sites for hydroxylation is 1. The van der Waals surface area contributed by atoms with Crippen molar-refractivity contribution in [1.29, 1.82) is 0 Å². The molecule has 1 unspecified atom stereocenters. The number of carbonyl (C=O) groups excluding carboxylic acids is 1. The molecule has 1 atom stereocenters. The van der Waals surface area contributed by atoms with E-state index in [9.17, 15) is 4.79 Å². The second-order valence-electron chi connectivity index (χ2n) is 4.33. The fourth-order valence-electron chi connectivity index (χ4n) is 2.01. The van der Waals surface area contributed by atoms with Gasteiger partial charge in [0.05, 0.1) is 0 Å². The summed E-state index contributed by atoms with van der Waals surface area (Å²) in [5.41, 5.74) is 1.24. The Hall–Kier alpha value is -1.57. The van der Waals surface area contributed by atoms with Gasteiger partial charge in [0.2, 0.25) is 0 Å². The van der Waals surface area contributed by atoms with E-state index < -0.39 is 0 Å². The van der Waals surface area contributed by atoms with Crippen molar-refractivity contribution in [3.8, 4) is 5.75 Å². The van der Waals surface area contributed by atoms with Crippen molar-refractivity contribution in [3.63, 3.8) is 0 Å². The van der Waals surface area contributed by atoms with Crippen molar-refractivity contribution >= 4 is 5.78 Å². The standard InChI is InChI=1S/C14H16O2/c15-13-7-3-11(4-8-13)1-2-12-5-9-14(16)10-6-12/h3-5,7-9,12,15H,1-2,6,10H2. The van der Waals surface area contributed by atoms with Gasteiger partial charge >= 0.3 is 0 Å². The molecule has 0 fully saturated rings. The number of rotatable bonds is 3. The molecule has 1 aromatic carbocycles. The molecule has 0 heterocycles. The van der Waals surface area contributed by atoms with E-state index in [1.165, 1.54) is 5.56 Å². The van der Waals surface area contributed by atoms with Gasteiger partial charge in [0.25, 0.3) is 0 Å². The zero-order valence-corrected chi connectivity index (χ0v) is 9.23. The number of phenols is 1. The quantitative estimate of drug-likeness (QED) is 0.843. The Morgan fingerprint density at radius 1 is 1.25 bits per heavy atom. The number of benzene rings is 1. The zero-order valence-electron chi connectivity index (χ0n) is 9.23. The molecule has 1 aliphatic rings. The van der Waals surface area contributed by atoms with Crippen LogP contribution in [0.4, 0.5) is 0 Å². The lowest BCUT2D eigenvalue weighted by molar-refractivity contribution is -0.115. The van der Waals surface area contributed by atoms with Crippen LogP contribution in [0.25, 0.3) is 0 Å². The number of aromatic hydroxyl groups is 1. The van der Waals surface area contributed by atoms with E-state index in [1.807, 2.05) is 18.2 Å². The first kappa shape index (κ1) is 10.9. The van der Waals surface area contributed by atoms with E-state index >= 15 is 0 Å². The lowest BCUT2D eigenvalue weighted by Gasteiger charge is -2.15. The molecule has 0 bridgehead atoms. The molecule has 16 heavy (non-hydrogen) atoms. The molecular formula is C14H16O2. The molecule has 1 N–H and O–H groups in total. The third-order valence-corrected chi connectivity index (χ3v) is 3.06. The maximum absolute atomic E-state index is 11.0. The predicted octanol–water partition coefficient (Wildman–Crippen LogP) is 2.86. The van der Waals surface area contributed by atoms with Crippen LogP contribution in [-0.2, 0) is 11.2 Å². The third-order valence-electron chi connectivity index (χ3n) is 3.06. The van der Waals surface area contributed by atoms with Crippen LogP contribution >= 0.6 is 0 Å². The SMILES string of the molecule is O=C1C=CC(CCc2ccc(O)cc2)CC1. The van der Waals surface area contributed by atoms with Gasteiger partial charge in [-0.1, -0.05) is 18.2 Å². The minimum absolute atomic E-state index is 0.251. The number of allylic oxidation sites excluding steroid dienone is 2. The third kappa shape index (κ3) is 2.96. The minimum atomic E-state index is 0.251. The molecule has 0 saturated heterocycles. The molecule has 0 saturated carbocycles. The number of phenolic OH excluding ortho intramolecular Hbond substituents is 1. The minimum Gasteiger partial charge on any atom is -0.508 e. The summed E-state index contributed by atoms with van der Waals surface area (Å²) in [6, 6.07) is 7.34. The Kier molecular flexibility index (Phi) is 3.40. The average Bonchev–Trinajstić information content (AvgIpc) is 2.30. The highest BCUT2D eigenvalue weighted by Gasteiger charge is 2.12. The van der Waals surface area contributed by atoms with Crippen molar-refractivity contribution in [2.45, 2.75) is 25.7 Å². The predicted molar refractivity (Wildman–Crippen MR) is 63.3 cm³/mol. The first-order valence-corrected chi connectivity index (χ1v) is 5.73. The van der Waals surface area contributed by atoms with E-state index in [4.69, 9.17) is 5.11 Å². The van der Waals surface area contributed by atoms with E-state index in [-0.39, 0.29) is 5.78 Å². The first-order valence-electron chi connectivity index (χ1n) is 5.73. The second-order valence-corrected chi connectivity index (χ2v) is 4.33. The van der Waals surface area contributed by atoms with Gasteiger partial charge in [0.1, 0.15) is 5.75 Å². The maximum atomic E-state index is 11.0. The second kappa shape index (κ2) is 4.97. The average molecular weight is 216 g/mol. The van der Waals surface area contributed by atoms with E-state index in [0.29, 0.717) is 18.1 Å².